The van der Waals surface area contributed by atoms with Gasteiger partial charge in [0.05, 0.1) is 0 Å². The van der Waals surface area contributed by atoms with Gasteiger partial charge in [-0.1, -0.05) is 24.3 Å². The molecule has 202 valence electrons. The molecule has 0 aliphatic carbocycles. The Morgan fingerprint density at radius 3 is 1.23 bits per heavy atom. The van der Waals surface area contributed by atoms with Gasteiger partial charge in [0, 0.05) is 9.99 Å². The van der Waals surface area contributed by atoms with Crippen molar-refractivity contribution >= 4 is 28.7 Å². The summed E-state index contributed by atoms with van der Waals surface area (Å²) in [5, 5.41) is 0. The Morgan fingerprint density at radius 2 is 0.857 bits per heavy atom. The van der Waals surface area contributed by atoms with Crippen molar-refractivity contribution in [3.05, 3.63) is 39.5 Å². The molecule has 0 bridgehead atoms. The van der Waals surface area contributed by atoms with Gasteiger partial charge in [0.1, 0.15) is 0 Å². The van der Waals surface area contributed by atoms with Crippen LogP contribution in [0.3, 0.4) is 0 Å². The monoisotopic (exact) mass is 662 g/mol. The second-order valence-electron chi connectivity index (χ2n) is 6.81. The maximum absolute atomic E-state index is 13.7. The van der Waals surface area contributed by atoms with Crippen LogP contribution in [0.1, 0.15) is 12.0 Å². The average Bonchev–Trinajstić information content (AvgIpc) is 2.67. The molecule has 35 heavy (non-hydrogen) atoms. The third kappa shape index (κ3) is 4.91. The maximum Gasteiger partial charge on any atom is 0.460 e. The van der Waals surface area contributed by atoms with Crippen molar-refractivity contribution in [1.82, 2.24) is 0 Å². The molecule has 0 aromatic heterocycles. The molecule has 0 saturated heterocycles. The van der Waals surface area contributed by atoms with Crippen LogP contribution >= 0.6 is 22.6 Å². The zero-order valence-corrected chi connectivity index (χ0v) is 18.1. The van der Waals surface area contributed by atoms with E-state index in [2.05, 4.69) is 0 Å². The second kappa shape index (κ2) is 9.11. The van der Waals surface area contributed by atoms with Gasteiger partial charge in [-0.2, -0.15) is 74.6 Å². The van der Waals surface area contributed by atoms with E-state index in [9.17, 15) is 74.6 Å². The zero-order valence-electron chi connectivity index (χ0n) is 16.0. The van der Waals surface area contributed by atoms with Crippen LogP contribution in [0.15, 0.2) is 30.3 Å². The maximum atomic E-state index is 13.7. The van der Waals surface area contributed by atoms with Gasteiger partial charge in [-0.25, -0.2) is 0 Å². The summed E-state index contributed by atoms with van der Waals surface area (Å²) in [6.45, 7) is 0. The zero-order chi connectivity index (χ0) is 28.1. The van der Waals surface area contributed by atoms with Gasteiger partial charge in [-0.05, 0) is 40.3 Å². The Bertz CT molecular complexity index is 912. The molecule has 0 heterocycles. The van der Waals surface area contributed by atoms with Crippen molar-refractivity contribution in [3.8, 4) is 0 Å². The van der Waals surface area contributed by atoms with Crippen LogP contribution in [0.2, 0.25) is 0 Å². The molecule has 1 rings (SSSR count). The van der Waals surface area contributed by atoms with Gasteiger partial charge < -0.3 is 0 Å². The van der Waals surface area contributed by atoms with Crippen molar-refractivity contribution in [2.24, 2.45) is 0 Å². The summed E-state index contributed by atoms with van der Waals surface area (Å²) < 4.78 is 224. The highest BCUT2D eigenvalue weighted by Crippen LogP contribution is 2.64. The summed E-state index contributed by atoms with van der Waals surface area (Å²) in [5.41, 5.74) is -0.0396. The summed E-state index contributed by atoms with van der Waals surface area (Å²) in [7, 11) is 0. The summed E-state index contributed by atoms with van der Waals surface area (Å²) in [6.07, 6.45) is -9.83. The summed E-state index contributed by atoms with van der Waals surface area (Å²) >= 11 is 1.77. The van der Waals surface area contributed by atoms with Crippen LogP contribution in [0.5, 0.6) is 0 Å². The Kier molecular flexibility index (Phi) is 8.21. The Morgan fingerprint density at radius 1 is 0.514 bits per heavy atom. The molecular formula is C17H8F17I. The molecule has 18 heteroatoms. The standard InChI is InChI=1S/C17H8F17I/c18-10(19,7-1-2-8-3-5-9(35)6-4-8)11(20,21)12(22,23)13(24,25)14(26,27)15(28,29)16(30,31)17(32,33)34/h1-6H,7H2. The lowest BCUT2D eigenvalue weighted by Crippen LogP contribution is -2.74. The van der Waals surface area contributed by atoms with Gasteiger partial charge in [0.25, 0.3) is 0 Å². The first-order valence-electron chi connectivity index (χ1n) is 8.36. The fourth-order valence-electron chi connectivity index (χ4n) is 2.24. The minimum atomic E-state index is -8.61. The molecule has 0 atom stereocenters. The van der Waals surface area contributed by atoms with E-state index >= 15 is 0 Å². The molecule has 0 aliphatic heterocycles. The topological polar surface area (TPSA) is 0 Å². The SMILES string of the molecule is FC(F)(F)C(F)(F)C(F)(F)C(F)(F)C(F)(F)C(F)(F)C(F)(F)C(F)(F)CC=Cc1ccc(I)cc1. The molecule has 1 aromatic carbocycles. The number of benzene rings is 1. The van der Waals surface area contributed by atoms with Crippen LogP contribution in [-0.2, 0) is 0 Å². The quantitative estimate of drug-likeness (QED) is 0.184. The molecule has 0 saturated carbocycles. The first-order valence-corrected chi connectivity index (χ1v) is 9.44. The van der Waals surface area contributed by atoms with Crippen molar-refractivity contribution < 1.29 is 74.6 Å². The molecular weight excluding hydrogens is 654 g/mol. The normalized spacial score (nSPS) is 15.7. The van der Waals surface area contributed by atoms with Crippen LogP contribution in [0.25, 0.3) is 6.08 Å². The Labute approximate surface area is 197 Å². The van der Waals surface area contributed by atoms with E-state index in [0.717, 1.165) is 0 Å². The number of alkyl halides is 17. The number of rotatable bonds is 9. The Hall–Kier alpha value is -1.50. The van der Waals surface area contributed by atoms with Crippen LogP contribution < -0.4 is 0 Å². The highest BCUT2D eigenvalue weighted by Gasteiger charge is 2.95. The lowest BCUT2D eigenvalue weighted by atomic mass is 9.88. The highest BCUT2D eigenvalue weighted by molar-refractivity contribution is 14.1. The lowest BCUT2D eigenvalue weighted by Gasteiger charge is -2.42. The van der Waals surface area contributed by atoms with Crippen LogP contribution in [0, 0.1) is 3.57 Å². The number of hydrogen-bond donors (Lipinski definition) is 0. The first kappa shape index (κ1) is 31.5. The van der Waals surface area contributed by atoms with Crippen molar-refractivity contribution in [3.63, 3.8) is 0 Å². The molecule has 1 aromatic rings. The van der Waals surface area contributed by atoms with E-state index in [1.54, 1.807) is 22.6 Å². The van der Waals surface area contributed by atoms with Gasteiger partial charge >= 0.3 is 47.6 Å². The van der Waals surface area contributed by atoms with Gasteiger partial charge in [0.2, 0.25) is 0 Å². The molecule has 0 spiro atoms. The number of allylic oxidation sites excluding steroid dienone is 1. The van der Waals surface area contributed by atoms with E-state index in [0.29, 0.717) is 9.65 Å². The third-order valence-corrected chi connectivity index (χ3v) is 5.06. The third-order valence-electron chi connectivity index (χ3n) is 4.34. The minimum Gasteiger partial charge on any atom is -0.199 e. The molecule has 0 N–H and O–H groups in total. The second-order valence-corrected chi connectivity index (χ2v) is 8.05. The van der Waals surface area contributed by atoms with E-state index < -0.39 is 54.1 Å². The largest absolute Gasteiger partial charge is 0.460 e. The van der Waals surface area contributed by atoms with E-state index in [4.69, 9.17) is 0 Å². The van der Waals surface area contributed by atoms with Gasteiger partial charge in [-0.3, -0.25) is 0 Å². The summed E-state index contributed by atoms with van der Waals surface area (Å²) in [5.74, 6) is -56.2. The molecule has 0 aliphatic rings. The molecule has 0 radical (unpaired) electrons. The average molecular weight is 662 g/mol. The van der Waals surface area contributed by atoms with Gasteiger partial charge in [-0.15, -0.1) is 0 Å². The minimum absolute atomic E-state index is 0.0190. The van der Waals surface area contributed by atoms with E-state index in [1.807, 2.05) is 0 Å². The molecule has 0 unspecified atom stereocenters. The van der Waals surface area contributed by atoms with Gasteiger partial charge in [0.15, 0.2) is 0 Å². The van der Waals surface area contributed by atoms with Crippen LogP contribution in [0.4, 0.5) is 74.6 Å². The number of halogens is 18. The lowest BCUT2D eigenvalue weighted by molar-refractivity contribution is -0.461. The van der Waals surface area contributed by atoms with Crippen molar-refractivity contribution in [2.45, 2.75) is 54.1 Å². The van der Waals surface area contributed by atoms with Crippen LogP contribution in [-0.4, -0.2) is 47.6 Å². The molecule has 0 amide bonds. The smallest absolute Gasteiger partial charge is 0.199 e. The Balaban J connectivity index is 3.44. The first-order chi connectivity index (χ1) is 15.2. The van der Waals surface area contributed by atoms with Crippen molar-refractivity contribution in [2.75, 3.05) is 0 Å². The predicted molar refractivity (Wildman–Crippen MR) is 93.5 cm³/mol. The highest BCUT2D eigenvalue weighted by atomic mass is 127. The van der Waals surface area contributed by atoms with Crippen molar-refractivity contribution in [1.29, 1.82) is 0 Å². The predicted octanol–water partition coefficient (Wildman–Crippen LogP) is 8.70. The molecule has 0 nitrogen and oxygen atoms in total. The van der Waals surface area contributed by atoms with E-state index in [1.165, 1.54) is 24.3 Å². The summed E-state index contributed by atoms with van der Waals surface area (Å²) in [4.78, 5) is 0. The summed E-state index contributed by atoms with van der Waals surface area (Å²) in [6, 6.07) is 5.00. The fourth-order valence-corrected chi connectivity index (χ4v) is 2.60. The molecule has 0 fully saturated rings. The van der Waals surface area contributed by atoms with E-state index in [-0.39, 0.29) is 11.6 Å². The number of hydrogen-bond acceptors (Lipinski definition) is 0. The fraction of sp³-hybridized carbons (Fsp3) is 0.529.